The van der Waals surface area contributed by atoms with Crippen LogP contribution in [0.1, 0.15) is 29.8 Å². The molecule has 6 nitrogen and oxygen atoms in total. The van der Waals surface area contributed by atoms with Gasteiger partial charge in [-0.25, -0.2) is 13.1 Å². The number of sulfonamides is 1. The molecule has 138 valence electrons. The maximum absolute atomic E-state index is 12.6. The molecule has 0 unspecified atom stereocenters. The van der Waals surface area contributed by atoms with Gasteiger partial charge >= 0.3 is 0 Å². The first-order valence-corrected chi connectivity index (χ1v) is 11.0. The van der Waals surface area contributed by atoms with E-state index in [0.29, 0.717) is 28.7 Å². The van der Waals surface area contributed by atoms with E-state index in [1.54, 1.807) is 36.9 Å². The third kappa shape index (κ3) is 4.31. The number of aromatic nitrogens is 2. The van der Waals surface area contributed by atoms with Gasteiger partial charge in [0.1, 0.15) is 4.90 Å². The third-order valence-electron chi connectivity index (χ3n) is 4.97. The molecule has 0 aromatic carbocycles. The first-order valence-electron chi connectivity index (χ1n) is 8.60. The minimum atomic E-state index is -3.50. The molecule has 0 aliphatic carbocycles. The third-order valence-corrected chi connectivity index (χ3v) is 7.37. The zero-order chi connectivity index (χ0) is 18.0. The zero-order valence-corrected chi connectivity index (χ0v) is 16.7. The van der Waals surface area contributed by atoms with Gasteiger partial charge in [0, 0.05) is 20.1 Å². The highest BCUT2D eigenvalue weighted by Gasteiger charge is 2.26. The SMILES string of the molecule is Cc1nn(C)c(C)c1S(=O)(=O)NCC1CCN(Cc2ccsc2)CC1. The molecule has 1 fully saturated rings. The fourth-order valence-electron chi connectivity index (χ4n) is 3.43. The minimum absolute atomic E-state index is 0.324. The van der Waals surface area contributed by atoms with Crippen LogP contribution in [0.5, 0.6) is 0 Å². The molecule has 0 saturated carbocycles. The highest BCUT2D eigenvalue weighted by atomic mass is 32.2. The normalized spacial score (nSPS) is 17.2. The van der Waals surface area contributed by atoms with E-state index < -0.39 is 10.0 Å². The summed E-state index contributed by atoms with van der Waals surface area (Å²) in [5, 5.41) is 8.51. The summed E-state index contributed by atoms with van der Waals surface area (Å²) >= 11 is 1.73. The average molecular weight is 383 g/mol. The van der Waals surface area contributed by atoms with Crippen LogP contribution in [0.3, 0.4) is 0 Å². The molecular formula is C17H26N4O2S2. The molecule has 0 radical (unpaired) electrons. The predicted molar refractivity (Wildman–Crippen MR) is 100 cm³/mol. The second kappa shape index (κ2) is 7.57. The Morgan fingerprint density at radius 3 is 2.60 bits per heavy atom. The van der Waals surface area contributed by atoms with Gasteiger partial charge in [-0.1, -0.05) is 0 Å². The molecule has 2 aromatic heterocycles. The molecule has 25 heavy (non-hydrogen) atoms. The summed E-state index contributed by atoms with van der Waals surface area (Å²) in [7, 11) is -1.73. The number of piperidine rings is 1. The molecule has 0 atom stereocenters. The molecule has 1 aliphatic heterocycles. The van der Waals surface area contributed by atoms with Crippen LogP contribution in [0.15, 0.2) is 21.7 Å². The monoisotopic (exact) mass is 382 g/mol. The average Bonchev–Trinajstić information content (AvgIpc) is 3.15. The Morgan fingerprint density at radius 2 is 2.04 bits per heavy atom. The highest BCUT2D eigenvalue weighted by molar-refractivity contribution is 7.89. The van der Waals surface area contributed by atoms with Crippen molar-refractivity contribution in [2.45, 2.75) is 38.1 Å². The topological polar surface area (TPSA) is 67.2 Å². The quantitative estimate of drug-likeness (QED) is 0.832. The number of nitrogens with zero attached hydrogens (tertiary/aromatic N) is 3. The molecule has 0 bridgehead atoms. The van der Waals surface area contributed by atoms with Crippen molar-refractivity contribution in [2.75, 3.05) is 19.6 Å². The van der Waals surface area contributed by atoms with Gasteiger partial charge in [-0.3, -0.25) is 9.58 Å². The summed E-state index contributed by atoms with van der Waals surface area (Å²) in [4.78, 5) is 2.77. The summed E-state index contributed by atoms with van der Waals surface area (Å²) in [6, 6.07) is 2.17. The summed E-state index contributed by atoms with van der Waals surface area (Å²) in [6.07, 6.45) is 2.05. The lowest BCUT2D eigenvalue weighted by Crippen LogP contribution is -2.38. The van der Waals surface area contributed by atoms with Crippen molar-refractivity contribution >= 4 is 21.4 Å². The van der Waals surface area contributed by atoms with Crippen molar-refractivity contribution in [2.24, 2.45) is 13.0 Å². The second-order valence-electron chi connectivity index (χ2n) is 6.83. The van der Waals surface area contributed by atoms with Crippen molar-refractivity contribution in [3.63, 3.8) is 0 Å². The van der Waals surface area contributed by atoms with E-state index in [-0.39, 0.29) is 0 Å². The van der Waals surface area contributed by atoms with Gasteiger partial charge in [-0.2, -0.15) is 16.4 Å². The summed E-state index contributed by atoms with van der Waals surface area (Å²) in [5.74, 6) is 0.394. The van der Waals surface area contributed by atoms with Crippen LogP contribution in [0, 0.1) is 19.8 Å². The molecule has 3 heterocycles. The van der Waals surface area contributed by atoms with Gasteiger partial charge in [0.05, 0.1) is 11.4 Å². The Labute approximate surface area is 153 Å². The number of thiophene rings is 1. The molecule has 8 heteroatoms. The number of hydrogen-bond acceptors (Lipinski definition) is 5. The van der Waals surface area contributed by atoms with Crippen LogP contribution < -0.4 is 4.72 Å². The van der Waals surface area contributed by atoms with Crippen LogP contribution >= 0.6 is 11.3 Å². The maximum Gasteiger partial charge on any atom is 0.244 e. The Balaban J connectivity index is 1.52. The molecular weight excluding hydrogens is 356 g/mol. The molecule has 1 saturated heterocycles. The largest absolute Gasteiger partial charge is 0.299 e. The van der Waals surface area contributed by atoms with Crippen LogP contribution in [0.4, 0.5) is 0 Å². The summed E-state index contributed by atoms with van der Waals surface area (Å²) < 4.78 is 29.7. The number of nitrogens with one attached hydrogen (secondary N) is 1. The van der Waals surface area contributed by atoms with E-state index >= 15 is 0 Å². The van der Waals surface area contributed by atoms with Crippen LogP contribution in [-0.4, -0.2) is 42.7 Å². The van der Waals surface area contributed by atoms with E-state index in [2.05, 4.69) is 31.5 Å². The van der Waals surface area contributed by atoms with Crippen molar-refractivity contribution in [1.29, 1.82) is 0 Å². The van der Waals surface area contributed by atoms with Crippen molar-refractivity contribution < 1.29 is 8.42 Å². The Morgan fingerprint density at radius 1 is 1.32 bits per heavy atom. The predicted octanol–water partition coefficient (Wildman–Crippen LogP) is 2.29. The fourth-order valence-corrected chi connectivity index (χ4v) is 5.64. The van der Waals surface area contributed by atoms with E-state index in [0.717, 1.165) is 32.5 Å². The molecule has 3 rings (SSSR count). The van der Waals surface area contributed by atoms with Gasteiger partial charge in [0.15, 0.2) is 0 Å². The first-order chi connectivity index (χ1) is 11.9. The number of hydrogen-bond donors (Lipinski definition) is 1. The molecule has 2 aromatic rings. The van der Waals surface area contributed by atoms with Gasteiger partial charge in [-0.15, -0.1) is 0 Å². The van der Waals surface area contributed by atoms with E-state index in [9.17, 15) is 8.42 Å². The molecule has 0 spiro atoms. The van der Waals surface area contributed by atoms with Gasteiger partial charge in [0.2, 0.25) is 10.0 Å². The zero-order valence-electron chi connectivity index (χ0n) is 15.0. The van der Waals surface area contributed by atoms with E-state index in [1.807, 2.05) is 0 Å². The van der Waals surface area contributed by atoms with E-state index in [1.165, 1.54) is 5.56 Å². The minimum Gasteiger partial charge on any atom is -0.299 e. The highest BCUT2D eigenvalue weighted by Crippen LogP contribution is 2.22. The number of rotatable bonds is 6. The lowest BCUT2D eigenvalue weighted by atomic mass is 9.97. The van der Waals surface area contributed by atoms with Gasteiger partial charge in [-0.05, 0) is 68.1 Å². The van der Waals surface area contributed by atoms with Crippen molar-refractivity contribution in [3.8, 4) is 0 Å². The Hall–Kier alpha value is -1.22. The van der Waals surface area contributed by atoms with Crippen LogP contribution in [0.2, 0.25) is 0 Å². The van der Waals surface area contributed by atoms with Gasteiger partial charge in [0.25, 0.3) is 0 Å². The fraction of sp³-hybridized carbons (Fsp3) is 0.588. The number of aryl methyl sites for hydroxylation is 2. The molecule has 1 N–H and O–H groups in total. The smallest absolute Gasteiger partial charge is 0.244 e. The number of likely N-dealkylation sites (tertiary alicyclic amines) is 1. The summed E-state index contributed by atoms with van der Waals surface area (Å²) in [6.45, 7) is 7.07. The van der Waals surface area contributed by atoms with Gasteiger partial charge < -0.3 is 0 Å². The maximum atomic E-state index is 12.6. The lowest BCUT2D eigenvalue weighted by Gasteiger charge is -2.31. The van der Waals surface area contributed by atoms with E-state index in [4.69, 9.17) is 0 Å². The Kier molecular flexibility index (Phi) is 5.62. The van der Waals surface area contributed by atoms with Crippen molar-refractivity contribution in [1.82, 2.24) is 19.4 Å². The Bertz CT molecular complexity index is 804. The molecule has 1 aliphatic rings. The van der Waals surface area contributed by atoms with Crippen molar-refractivity contribution in [3.05, 3.63) is 33.8 Å². The first kappa shape index (κ1) is 18.6. The lowest BCUT2D eigenvalue weighted by molar-refractivity contribution is 0.179. The second-order valence-corrected chi connectivity index (χ2v) is 9.31. The molecule has 0 amide bonds. The van der Waals surface area contributed by atoms with Crippen LogP contribution in [0.25, 0.3) is 0 Å². The summed E-state index contributed by atoms with van der Waals surface area (Å²) in [5.41, 5.74) is 2.60. The standard InChI is InChI=1S/C17H26N4O2S2/c1-13-17(14(2)20(3)19-13)25(22,23)18-10-15-4-7-21(8-5-15)11-16-6-9-24-12-16/h6,9,12,15,18H,4-5,7-8,10-11H2,1-3H3. The van der Waals surface area contributed by atoms with Crippen LogP contribution in [-0.2, 0) is 23.6 Å².